The SMILES string of the molecule is CC(=O)Nc1nc2c(-c3cc4c([nH]3)CCNC4=O)cccc2nc1C. The highest BCUT2D eigenvalue weighted by Gasteiger charge is 2.21. The van der Waals surface area contributed by atoms with Crippen molar-refractivity contribution >= 4 is 28.7 Å². The van der Waals surface area contributed by atoms with Gasteiger partial charge in [-0.05, 0) is 19.1 Å². The Labute approximate surface area is 143 Å². The molecule has 0 aliphatic carbocycles. The molecule has 0 atom stereocenters. The largest absolute Gasteiger partial charge is 0.358 e. The number of aromatic amines is 1. The maximum absolute atomic E-state index is 12.0. The molecule has 0 unspecified atom stereocenters. The van der Waals surface area contributed by atoms with Crippen molar-refractivity contribution in [3.8, 4) is 11.3 Å². The highest BCUT2D eigenvalue weighted by atomic mass is 16.2. The van der Waals surface area contributed by atoms with Crippen molar-refractivity contribution in [2.24, 2.45) is 0 Å². The molecule has 3 N–H and O–H groups in total. The second kappa shape index (κ2) is 5.70. The summed E-state index contributed by atoms with van der Waals surface area (Å²) >= 11 is 0. The minimum absolute atomic E-state index is 0.0650. The molecule has 2 aromatic heterocycles. The van der Waals surface area contributed by atoms with E-state index in [0.717, 1.165) is 28.9 Å². The number of nitrogens with one attached hydrogen (secondary N) is 3. The number of anilines is 1. The molecule has 3 aromatic rings. The van der Waals surface area contributed by atoms with E-state index in [2.05, 4.69) is 25.6 Å². The number of rotatable bonds is 2. The van der Waals surface area contributed by atoms with Crippen LogP contribution < -0.4 is 10.6 Å². The molecule has 0 fully saturated rings. The molecule has 1 aromatic carbocycles. The van der Waals surface area contributed by atoms with Crippen molar-refractivity contribution < 1.29 is 9.59 Å². The van der Waals surface area contributed by atoms with Crippen LogP contribution in [0.1, 0.15) is 28.7 Å². The standard InChI is InChI=1S/C18H17N5O2/c1-9-17(21-10(2)24)23-16-11(4-3-5-14(16)20-9)15-8-12-13(22-15)6-7-19-18(12)25/h3-5,8,22H,6-7H2,1-2H3,(H,19,25)(H,21,23,24). The van der Waals surface area contributed by atoms with Crippen LogP contribution in [0.15, 0.2) is 24.3 Å². The molecule has 1 aliphatic heterocycles. The molecular formula is C18H17N5O2. The number of nitrogens with zero attached hydrogens (tertiary/aromatic N) is 2. The Morgan fingerprint density at radius 2 is 2.08 bits per heavy atom. The summed E-state index contributed by atoms with van der Waals surface area (Å²) < 4.78 is 0. The lowest BCUT2D eigenvalue weighted by Crippen LogP contribution is -2.31. The molecule has 0 saturated heterocycles. The Hall–Kier alpha value is -3.22. The van der Waals surface area contributed by atoms with E-state index in [4.69, 9.17) is 0 Å². The van der Waals surface area contributed by atoms with E-state index in [0.29, 0.717) is 29.1 Å². The third-order valence-electron chi connectivity index (χ3n) is 4.26. The minimum atomic E-state index is -0.193. The molecule has 4 rings (SSSR count). The van der Waals surface area contributed by atoms with Crippen LogP contribution in [0.5, 0.6) is 0 Å². The fourth-order valence-corrected chi connectivity index (χ4v) is 3.11. The van der Waals surface area contributed by atoms with E-state index < -0.39 is 0 Å². The lowest BCUT2D eigenvalue weighted by molar-refractivity contribution is -0.114. The van der Waals surface area contributed by atoms with Gasteiger partial charge in [0.15, 0.2) is 5.82 Å². The summed E-state index contributed by atoms with van der Waals surface area (Å²) in [5.41, 5.74) is 5.33. The number of aromatic nitrogens is 3. The third kappa shape index (κ3) is 2.63. The Balaban J connectivity index is 1.90. The quantitative estimate of drug-likeness (QED) is 0.668. The highest BCUT2D eigenvalue weighted by molar-refractivity contribution is 6.00. The molecule has 25 heavy (non-hydrogen) atoms. The normalized spacial score (nSPS) is 13.4. The number of para-hydroxylation sites is 1. The van der Waals surface area contributed by atoms with E-state index in [1.807, 2.05) is 31.2 Å². The van der Waals surface area contributed by atoms with Gasteiger partial charge in [0.25, 0.3) is 5.91 Å². The number of carbonyl (C=O) groups excluding carboxylic acids is 2. The second-order valence-corrected chi connectivity index (χ2v) is 6.09. The highest BCUT2D eigenvalue weighted by Crippen LogP contribution is 2.30. The van der Waals surface area contributed by atoms with Gasteiger partial charge in [-0.15, -0.1) is 0 Å². The third-order valence-corrected chi connectivity index (χ3v) is 4.26. The van der Waals surface area contributed by atoms with Crippen molar-refractivity contribution in [3.05, 3.63) is 41.2 Å². The summed E-state index contributed by atoms with van der Waals surface area (Å²) in [7, 11) is 0. The van der Waals surface area contributed by atoms with Gasteiger partial charge < -0.3 is 15.6 Å². The van der Waals surface area contributed by atoms with E-state index >= 15 is 0 Å². The summed E-state index contributed by atoms with van der Waals surface area (Å²) in [5.74, 6) is 0.188. The average molecular weight is 335 g/mol. The van der Waals surface area contributed by atoms with Crippen LogP contribution in [0.25, 0.3) is 22.3 Å². The first-order valence-corrected chi connectivity index (χ1v) is 8.08. The van der Waals surface area contributed by atoms with Crippen LogP contribution in [0.3, 0.4) is 0 Å². The number of H-pyrrole nitrogens is 1. The molecule has 1 aliphatic rings. The van der Waals surface area contributed by atoms with Crippen LogP contribution in [0.4, 0.5) is 5.82 Å². The Morgan fingerprint density at radius 3 is 2.84 bits per heavy atom. The number of benzene rings is 1. The first-order chi connectivity index (χ1) is 12.0. The first kappa shape index (κ1) is 15.3. The summed E-state index contributed by atoms with van der Waals surface area (Å²) in [5, 5.41) is 5.56. The van der Waals surface area contributed by atoms with E-state index in [9.17, 15) is 9.59 Å². The maximum atomic E-state index is 12.0. The van der Waals surface area contributed by atoms with E-state index in [1.54, 1.807) is 0 Å². The summed E-state index contributed by atoms with van der Waals surface area (Å²) in [6, 6.07) is 7.56. The maximum Gasteiger partial charge on any atom is 0.253 e. The van der Waals surface area contributed by atoms with Gasteiger partial charge in [0.1, 0.15) is 5.52 Å². The molecule has 126 valence electrons. The smallest absolute Gasteiger partial charge is 0.253 e. The zero-order chi connectivity index (χ0) is 17.6. The fourth-order valence-electron chi connectivity index (χ4n) is 3.11. The Kier molecular flexibility index (Phi) is 3.49. The van der Waals surface area contributed by atoms with Gasteiger partial charge in [-0.1, -0.05) is 12.1 Å². The zero-order valence-corrected chi connectivity index (χ0v) is 13.9. The van der Waals surface area contributed by atoms with Gasteiger partial charge in [-0.25, -0.2) is 9.97 Å². The monoisotopic (exact) mass is 335 g/mol. The number of amides is 2. The molecule has 2 amide bonds. The van der Waals surface area contributed by atoms with Crippen molar-refractivity contribution in [3.63, 3.8) is 0 Å². The molecule has 7 nitrogen and oxygen atoms in total. The lowest BCUT2D eigenvalue weighted by atomic mass is 10.1. The molecule has 0 saturated carbocycles. The molecule has 0 radical (unpaired) electrons. The second-order valence-electron chi connectivity index (χ2n) is 6.09. The van der Waals surface area contributed by atoms with Gasteiger partial charge in [-0.3, -0.25) is 9.59 Å². The fraction of sp³-hybridized carbons (Fsp3) is 0.222. The number of aryl methyl sites for hydroxylation is 1. The zero-order valence-electron chi connectivity index (χ0n) is 13.9. The minimum Gasteiger partial charge on any atom is -0.358 e. The van der Waals surface area contributed by atoms with Crippen LogP contribution in [0, 0.1) is 6.92 Å². The summed E-state index contributed by atoms with van der Waals surface area (Å²) in [4.78, 5) is 35.9. The summed E-state index contributed by atoms with van der Waals surface area (Å²) in [6.45, 7) is 3.88. The first-order valence-electron chi connectivity index (χ1n) is 8.08. The molecule has 0 bridgehead atoms. The van der Waals surface area contributed by atoms with E-state index in [1.165, 1.54) is 6.92 Å². The topological polar surface area (TPSA) is 99.8 Å². The van der Waals surface area contributed by atoms with Crippen LogP contribution in [0.2, 0.25) is 0 Å². The predicted molar refractivity (Wildman–Crippen MR) is 94.4 cm³/mol. The number of hydrogen-bond acceptors (Lipinski definition) is 4. The predicted octanol–water partition coefficient (Wildman–Crippen LogP) is 2.18. The van der Waals surface area contributed by atoms with Gasteiger partial charge >= 0.3 is 0 Å². The van der Waals surface area contributed by atoms with Crippen molar-refractivity contribution in [1.82, 2.24) is 20.3 Å². The van der Waals surface area contributed by atoms with Crippen molar-refractivity contribution in [2.75, 3.05) is 11.9 Å². The van der Waals surface area contributed by atoms with Gasteiger partial charge in [0.2, 0.25) is 5.91 Å². The van der Waals surface area contributed by atoms with Crippen LogP contribution in [-0.4, -0.2) is 33.3 Å². The molecule has 0 spiro atoms. The van der Waals surface area contributed by atoms with Gasteiger partial charge in [0, 0.05) is 36.8 Å². The number of carbonyl (C=O) groups is 2. The molecule has 7 heteroatoms. The van der Waals surface area contributed by atoms with Crippen LogP contribution in [-0.2, 0) is 11.2 Å². The number of fused-ring (bicyclic) bond motifs is 2. The van der Waals surface area contributed by atoms with Gasteiger partial charge in [-0.2, -0.15) is 0 Å². The van der Waals surface area contributed by atoms with Crippen LogP contribution >= 0.6 is 0 Å². The van der Waals surface area contributed by atoms with E-state index in [-0.39, 0.29) is 11.8 Å². The molecule has 3 heterocycles. The molecular weight excluding hydrogens is 318 g/mol. The van der Waals surface area contributed by atoms with Gasteiger partial charge in [0.05, 0.1) is 16.8 Å². The number of hydrogen-bond donors (Lipinski definition) is 3. The van der Waals surface area contributed by atoms with Crippen molar-refractivity contribution in [1.29, 1.82) is 0 Å². The lowest BCUT2D eigenvalue weighted by Gasteiger charge is -2.11. The van der Waals surface area contributed by atoms with Crippen molar-refractivity contribution in [2.45, 2.75) is 20.3 Å². The Morgan fingerprint density at radius 1 is 1.24 bits per heavy atom. The average Bonchev–Trinajstić information content (AvgIpc) is 3.00. The Bertz CT molecular complexity index is 1020. The summed E-state index contributed by atoms with van der Waals surface area (Å²) in [6.07, 6.45) is 0.772.